The lowest BCUT2D eigenvalue weighted by molar-refractivity contribution is 0.102. The summed E-state index contributed by atoms with van der Waals surface area (Å²) in [7, 11) is 0. The SMILES string of the molecule is N#Cc1ccccc1NC(=O)c1cc(N2CCN(Cc3ccccc3)CC2)ncn1. The molecule has 1 fully saturated rings. The molecule has 3 aromatic rings. The number of anilines is 2. The Labute approximate surface area is 175 Å². The fourth-order valence-corrected chi connectivity index (χ4v) is 3.50. The summed E-state index contributed by atoms with van der Waals surface area (Å²) >= 11 is 0. The molecule has 1 saturated heterocycles. The smallest absolute Gasteiger partial charge is 0.274 e. The van der Waals surface area contributed by atoms with Crippen LogP contribution in [0.3, 0.4) is 0 Å². The van der Waals surface area contributed by atoms with Crippen LogP contribution >= 0.6 is 0 Å². The molecule has 0 aliphatic carbocycles. The van der Waals surface area contributed by atoms with E-state index in [-0.39, 0.29) is 11.6 Å². The van der Waals surface area contributed by atoms with Crippen molar-refractivity contribution in [2.45, 2.75) is 6.54 Å². The van der Waals surface area contributed by atoms with Crippen molar-refractivity contribution in [3.05, 3.63) is 83.8 Å². The Morgan fingerprint density at radius 1 is 1.00 bits per heavy atom. The third-order valence-corrected chi connectivity index (χ3v) is 5.13. The summed E-state index contributed by atoms with van der Waals surface area (Å²) in [5, 5.41) is 12.0. The number of nitrogens with zero attached hydrogens (tertiary/aromatic N) is 5. The zero-order valence-corrected chi connectivity index (χ0v) is 16.5. The first kappa shape index (κ1) is 19.6. The van der Waals surface area contributed by atoms with Gasteiger partial charge in [-0.2, -0.15) is 5.26 Å². The molecular weight excluding hydrogens is 376 g/mol. The number of benzene rings is 2. The first-order chi connectivity index (χ1) is 14.7. The molecule has 4 rings (SSSR count). The van der Waals surface area contributed by atoms with Crippen LogP contribution in [0.15, 0.2) is 67.0 Å². The molecule has 2 aromatic carbocycles. The third-order valence-electron chi connectivity index (χ3n) is 5.13. The minimum absolute atomic E-state index is 0.277. The summed E-state index contributed by atoms with van der Waals surface area (Å²) in [5.41, 5.74) is 2.47. The Bertz CT molecular complexity index is 1050. The number of carbonyl (C=O) groups is 1. The highest BCUT2D eigenvalue weighted by Gasteiger charge is 2.20. The Balaban J connectivity index is 1.39. The van der Waals surface area contributed by atoms with E-state index in [1.807, 2.05) is 6.07 Å². The lowest BCUT2D eigenvalue weighted by atomic mass is 10.2. The minimum Gasteiger partial charge on any atom is -0.354 e. The highest BCUT2D eigenvalue weighted by molar-refractivity contribution is 6.03. The molecule has 1 amide bonds. The Hall–Kier alpha value is -3.76. The Morgan fingerprint density at radius 3 is 2.50 bits per heavy atom. The van der Waals surface area contributed by atoms with Gasteiger partial charge in [-0.15, -0.1) is 0 Å². The molecule has 30 heavy (non-hydrogen) atoms. The largest absolute Gasteiger partial charge is 0.354 e. The zero-order valence-electron chi connectivity index (χ0n) is 16.5. The van der Waals surface area contributed by atoms with Crippen molar-refractivity contribution < 1.29 is 4.79 Å². The van der Waals surface area contributed by atoms with E-state index in [1.165, 1.54) is 11.9 Å². The Kier molecular flexibility index (Phi) is 5.97. The van der Waals surface area contributed by atoms with Crippen LogP contribution in [0.2, 0.25) is 0 Å². The number of rotatable bonds is 5. The summed E-state index contributed by atoms with van der Waals surface area (Å²) in [4.78, 5) is 25.7. The van der Waals surface area contributed by atoms with Crippen molar-refractivity contribution in [3.8, 4) is 6.07 Å². The van der Waals surface area contributed by atoms with Crippen LogP contribution < -0.4 is 10.2 Å². The number of aromatic nitrogens is 2. The van der Waals surface area contributed by atoms with Gasteiger partial charge in [-0.25, -0.2) is 9.97 Å². The molecule has 1 N–H and O–H groups in total. The second-order valence-corrected chi connectivity index (χ2v) is 7.12. The molecule has 7 heteroatoms. The maximum atomic E-state index is 12.6. The number of amides is 1. The highest BCUT2D eigenvalue weighted by atomic mass is 16.1. The van der Waals surface area contributed by atoms with Crippen molar-refractivity contribution in [1.29, 1.82) is 5.26 Å². The molecule has 0 radical (unpaired) electrons. The number of hydrogen-bond acceptors (Lipinski definition) is 6. The number of nitriles is 1. The number of hydrogen-bond donors (Lipinski definition) is 1. The second kappa shape index (κ2) is 9.16. The molecule has 1 aliphatic rings. The summed E-state index contributed by atoms with van der Waals surface area (Å²) in [6.07, 6.45) is 1.41. The van der Waals surface area contributed by atoms with Gasteiger partial charge in [0, 0.05) is 38.8 Å². The molecular formula is C23H22N6O. The van der Waals surface area contributed by atoms with Crippen molar-refractivity contribution in [2.24, 2.45) is 0 Å². The normalized spacial score (nSPS) is 14.2. The predicted octanol–water partition coefficient (Wildman–Crippen LogP) is 2.92. The van der Waals surface area contributed by atoms with E-state index >= 15 is 0 Å². The van der Waals surface area contributed by atoms with Gasteiger partial charge < -0.3 is 10.2 Å². The minimum atomic E-state index is -0.357. The lowest BCUT2D eigenvalue weighted by Crippen LogP contribution is -2.46. The van der Waals surface area contributed by atoms with Gasteiger partial charge >= 0.3 is 0 Å². The number of piperazine rings is 1. The molecule has 150 valence electrons. The third kappa shape index (κ3) is 4.62. The molecule has 0 spiro atoms. The van der Waals surface area contributed by atoms with E-state index in [1.54, 1.807) is 30.3 Å². The summed E-state index contributed by atoms with van der Waals surface area (Å²) in [6.45, 7) is 4.46. The molecule has 0 atom stereocenters. The van der Waals surface area contributed by atoms with Crippen LogP contribution in [0.25, 0.3) is 0 Å². The molecule has 0 saturated carbocycles. The van der Waals surface area contributed by atoms with E-state index < -0.39 is 0 Å². The first-order valence-electron chi connectivity index (χ1n) is 9.87. The number of carbonyl (C=O) groups excluding carboxylic acids is 1. The molecule has 2 heterocycles. The Morgan fingerprint density at radius 2 is 1.73 bits per heavy atom. The highest BCUT2D eigenvalue weighted by Crippen LogP contribution is 2.18. The molecule has 7 nitrogen and oxygen atoms in total. The van der Waals surface area contributed by atoms with E-state index in [0.29, 0.717) is 11.3 Å². The fourth-order valence-electron chi connectivity index (χ4n) is 3.50. The van der Waals surface area contributed by atoms with Gasteiger partial charge in [0.15, 0.2) is 0 Å². The maximum absolute atomic E-state index is 12.6. The zero-order chi connectivity index (χ0) is 20.8. The molecule has 1 aromatic heterocycles. The monoisotopic (exact) mass is 398 g/mol. The van der Waals surface area contributed by atoms with Crippen LogP contribution in [0.1, 0.15) is 21.6 Å². The average molecular weight is 398 g/mol. The van der Waals surface area contributed by atoms with Crippen LogP contribution in [0.5, 0.6) is 0 Å². The lowest BCUT2D eigenvalue weighted by Gasteiger charge is -2.35. The van der Waals surface area contributed by atoms with E-state index in [2.05, 4.69) is 55.4 Å². The van der Waals surface area contributed by atoms with Crippen molar-refractivity contribution >= 4 is 17.4 Å². The van der Waals surface area contributed by atoms with Gasteiger partial charge in [0.1, 0.15) is 23.9 Å². The van der Waals surface area contributed by atoms with E-state index in [0.717, 1.165) is 38.5 Å². The van der Waals surface area contributed by atoms with Gasteiger partial charge in [0.25, 0.3) is 5.91 Å². The van der Waals surface area contributed by atoms with Crippen LogP contribution in [0.4, 0.5) is 11.5 Å². The topological polar surface area (TPSA) is 85.2 Å². The van der Waals surface area contributed by atoms with Crippen molar-refractivity contribution in [3.63, 3.8) is 0 Å². The first-order valence-corrected chi connectivity index (χ1v) is 9.87. The van der Waals surface area contributed by atoms with Crippen molar-refractivity contribution in [1.82, 2.24) is 14.9 Å². The number of para-hydroxylation sites is 1. The number of nitrogens with one attached hydrogen (secondary N) is 1. The molecule has 1 aliphatic heterocycles. The van der Waals surface area contributed by atoms with Crippen LogP contribution in [-0.4, -0.2) is 47.0 Å². The van der Waals surface area contributed by atoms with Gasteiger partial charge in [0.05, 0.1) is 11.3 Å². The maximum Gasteiger partial charge on any atom is 0.274 e. The van der Waals surface area contributed by atoms with Crippen molar-refractivity contribution in [2.75, 3.05) is 36.4 Å². The van der Waals surface area contributed by atoms with Gasteiger partial charge in [-0.1, -0.05) is 42.5 Å². The van der Waals surface area contributed by atoms with Crippen LogP contribution in [0, 0.1) is 11.3 Å². The summed E-state index contributed by atoms with van der Waals surface area (Å²) in [6, 6.07) is 21.1. The average Bonchev–Trinajstić information content (AvgIpc) is 2.81. The van der Waals surface area contributed by atoms with Gasteiger partial charge in [0.2, 0.25) is 0 Å². The van der Waals surface area contributed by atoms with E-state index in [9.17, 15) is 10.1 Å². The molecule has 0 bridgehead atoms. The predicted molar refractivity (Wildman–Crippen MR) is 115 cm³/mol. The van der Waals surface area contributed by atoms with Gasteiger partial charge in [-0.05, 0) is 17.7 Å². The van der Waals surface area contributed by atoms with Crippen LogP contribution in [-0.2, 0) is 6.54 Å². The quantitative estimate of drug-likeness (QED) is 0.711. The molecule has 0 unspecified atom stereocenters. The fraction of sp³-hybridized carbons (Fsp3) is 0.217. The summed E-state index contributed by atoms with van der Waals surface area (Å²) in [5.74, 6) is 0.382. The summed E-state index contributed by atoms with van der Waals surface area (Å²) < 4.78 is 0. The van der Waals surface area contributed by atoms with E-state index in [4.69, 9.17) is 0 Å². The van der Waals surface area contributed by atoms with Gasteiger partial charge in [-0.3, -0.25) is 9.69 Å². The standard InChI is InChI=1S/C23H22N6O/c24-15-19-8-4-5-9-20(19)27-23(30)21-14-22(26-17-25-21)29-12-10-28(11-13-29)16-18-6-2-1-3-7-18/h1-9,14,17H,10-13,16H2,(H,27,30). The second-order valence-electron chi connectivity index (χ2n) is 7.12.